The predicted octanol–water partition coefficient (Wildman–Crippen LogP) is 1.82. The van der Waals surface area contributed by atoms with Gasteiger partial charge < -0.3 is 15.1 Å². The third-order valence-corrected chi connectivity index (χ3v) is 2.92. The quantitative estimate of drug-likeness (QED) is 0.659. The van der Waals surface area contributed by atoms with Crippen LogP contribution in [-0.4, -0.2) is 31.0 Å². The van der Waals surface area contributed by atoms with Crippen molar-refractivity contribution in [2.45, 2.75) is 40.5 Å². The molecule has 0 fully saturated rings. The molecule has 8 heteroatoms. The Morgan fingerprint density at radius 1 is 1.00 bits per heavy atom. The largest absolute Gasteiger partial charge is 0.344 e. The summed E-state index contributed by atoms with van der Waals surface area (Å²) in [6, 6.07) is 0. The minimum Gasteiger partial charge on any atom is -0.342 e. The van der Waals surface area contributed by atoms with E-state index in [1.807, 2.05) is 0 Å². The van der Waals surface area contributed by atoms with Crippen molar-refractivity contribution >= 4 is 13.5 Å². The average Bonchev–Trinajstić information content (AvgIpc) is 2.23. The first-order valence-corrected chi connectivity index (χ1v) is 8.47. The second-order valence-corrected chi connectivity index (χ2v) is 7.33. The van der Waals surface area contributed by atoms with Crippen molar-refractivity contribution < 1.29 is 14.4 Å². The van der Waals surface area contributed by atoms with Crippen molar-refractivity contribution in [1.29, 1.82) is 0 Å². The smallest absolute Gasteiger partial charge is 0.342 e. The number of nitrogens with one attached hydrogen (secondary N) is 1. The number of nitrogens with zero attached hydrogens (tertiary/aromatic N) is 3. The zero-order chi connectivity index (χ0) is 15.3. The van der Waals surface area contributed by atoms with E-state index in [1.54, 1.807) is 0 Å². The average molecular weight is 302 g/mol. The normalized spacial score (nSPS) is 12.2. The van der Waals surface area contributed by atoms with Gasteiger partial charge in [-0.15, -0.1) is 0 Å². The van der Waals surface area contributed by atoms with E-state index < -0.39 is 13.9 Å². The van der Waals surface area contributed by atoms with Gasteiger partial charge in [-0.2, -0.15) is 9.97 Å². The molecule has 0 atom stereocenters. The van der Waals surface area contributed by atoms with Gasteiger partial charge in [-0.3, -0.25) is 4.57 Å². The van der Waals surface area contributed by atoms with Gasteiger partial charge in [0.05, 0.1) is 0 Å². The van der Waals surface area contributed by atoms with Gasteiger partial charge in [0.15, 0.2) is 0 Å². The number of hydrogen-bond acceptors (Lipinski definition) is 5. The van der Waals surface area contributed by atoms with Crippen LogP contribution >= 0.6 is 7.60 Å². The van der Waals surface area contributed by atoms with Crippen LogP contribution in [0.1, 0.15) is 39.3 Å². The highest BCUT2D eigenvalue weighted by atomic mass is 31.2. The number of rotatable bonds is 7. The van der Waals surface area contributed by atoms with Crippen molar-refractivity contribution in [2.75, 3.05) is 11.6 Å². The first kappa shape index (κ1) is 17.0. The zero-order valence-electron chi connectivity index (χ0n) is 12.4. The van der Waals surface area contributed by atoms with Gasteiger partial charge in [0.25, 0.3) is 0 Å². The summed E-state index contributed by atoms with van der Waals surface area (Å²) in [5.41, 5.74) is 0. The number of hydrogen-bond donors (Lipinski definition) is 3. The maximum Gasteiger partial charge on any atom is 0.344 e. The molecule has 1 aromatic heterocycles. The van der Waals surface area contributed by atoms with Gasteiger partial charge >= 0.3 is 7.60 Å². The molecule has 0 radical (unpaired) electrons. The Balaban J connectivity index is 2.93. The molecule has 1 heterocycles. The van der Waals surface area contributed by atoms with E-state index in [0.717, 1.165) is 0 Å². The third-order valence-electron chi connectivity index (χ3n) is 2.35. The molecule has 20 heavy (non-hydrogen) atoms. The van der Waals surface area contributed by atoms with Gasteiger partial charge in [-0.05, 0) is 11.8 Å². The maximum absolute atomic E-state index is 10.9. The van der Waals surface area contributed by atoms with E-state index in [9.17, 15) is 4.57 Å². The van der Waals surface area contributed by atoms with E-state index in [4.69, 9.17) is 9.79 Å². The molecule has 3 N–H and O–H groups in total. The molecule has 0 aromatic carbocycles. The van der Waals surface area contributed by atoms with Crippen LogP contribution in [0, 0.1) is 11.8 Å². The molecular formula is C12H23N4O3P. The van der Waals surface area contributed by atoms with Gasteiger partial charge in [0, 0.05) is 12.8 Å². The minimum absolute atomic E-state index is 0.231. The van der Waals surface area contributed by atoms with Crippen LogP contribution in [0.5, 0.6) is 0 Å². The van der Waals surface area contributed by atoms with Crippen molar-refractivity contribution in [2.24, 2.45) is 11.8 Å². The van der Waals surface area contributed by atoms with E-state index in [1.165, 1.54) is 0 Å². The number of aromatic nitrogens is 3. The van der Waals surface area contributed by atoms with Gasteiger partial charge in [0.2, 0.25) is 5.95 Å². The molecule has 0 bridgehead atoms. The highest BCUT2D eigenvalue weighted by Crippen LogP contribution is 2.33. The van der Waals surface area contributed by atoms with Gasteiger partial charge in [0.1, 0.15) is 17.9 Å². The Labute approximate surface area is 119 Å². The van der Waals surface area contributed by atoms with Gasteiger partial charge in [-0.1, -0.05) is 27.7 Å². The fourth-order valence-corrected chi connectivity index (χ4v) is 1.98. The molecule has 0 unspecified atom stereocenters. The molecule has 0 amide bonds. The Morgan fingerprint density at radius 3 is 1.80 bits per heavy atom. The minimum atomic E-state index is -4.13. The molecule has 7 nitrogen and oxygen atoms in total. The summed E-state index contributed by atoms with van der Waals surface area (Å²) in [7, 11) is -4.13. The fraction of sp³-hybridized carbons (Fsp3) is 0.750. The van der Waals surface area contributed by atoms with Gasteiger partial charge in [-0.25, -0.2) is 4.98 Å². The second kappa shape index (κ2) is 7.11. The summed E-state index contributed by atoms with van der Waals surface area (Å²) in [4.78, 5) is 30.6. The standard InChI is InChI=1S/C12H23N4O3P/c1-8(2)5-10-14-11(6-9(3)4)16-12(15-10)13-7-20(17,18)19/h8-9H,5-7H2,1-4H3,(H2,17,18,19)(H,13,14,15,16). The van der Waals surface area contributed by atoms with Crippen molar-refractivity contribution in [3.63, 3.8) is 0 Å². The first-order valence-electron chi connectivity index (χ1n) is 6.68. The van der Waals surface area contributed by atoms with Crippen molar-refractivity contribution in [3.8, 4) is 0 Å². The first-order chi connectivity index (χ1) is 9.15. The van der Waals surface area contributed by atoms with Crippen LogP contribution in [0.25, 0.3) is 0 Å². The molecule has 0 spiro atoms. The molecule has 0 aliphatic rings. The fourth-order valence-electron chi connectivity index (χ4n) is 1.63. The molecule has 0 saturated carbocycles. The summed E-state index contributed by atoms with van der Waals surface area (Å²) < 4.78 is 10.9. The molecule has 0 aliphatic carbocycles. The van der Waals surface area contributed by atoms with Crippen LogP contribution in [0.4, 0.5) is 5.95 Å². The lowest BCUT2D eigenvalue weighted by Crippen LogP contribution is -2.13. The molecule has 0 saturated heterocycles. The molecule has 1 aromatic rings. The SMILES string of the molecule is CC(C)Cc1nc(CC(C)C)nc(NCP(=O)(O)O)n1. The zero-order valence-corrected chi connectivity index (χ0v) is 13.3. The highest BCUT2D eigenvalue weighted by Gasteiger charge is 2.15. The summed E-state index contributed by atoms with van der Waals surface area (Å²) in [5, 5.41) is 2.59. The monoisotopic (exact) mass is 302 g/mol. The summed E-state index contributed by atoms with van der Waals surface area (Å²) in [5.74, 6) is 2.34. The van der Waals surface area contributed by atoms with Crippen LogP contribution in [0.3, 0.4) is 0 Å². The molecule has 0 aliphatic heterocycles. The predicted molar refractivity (Wildman–Crippen MR) is 77.4 cm³/mol. The maximum atomic E-state index is 10.9. The van der Waals surface area contributed by atoms with Crippen LogP contribution in [-0.2, 0) is 17.4 Å². The lowest BCUT2D eigenvalue weighted by Gasteiger charge is -2.11. The Bertz CT molecular complexity index is 459. The second-order valence-electron chi connectivity index (χ2n) is 5.69. The van der Waals surface area contributed by atoms with E-state index in [2.05, 4.69) is 48.0 Å². The lowest BCUT2D eigenvalue weighted by atomic mass is 10.1. The number of anilines is 1. The Hall–Kier alpha value is -1.04. The van der Waals surface area contributed by atoms with Crippen LogP contribution in [0.15, 0.2) is 0 Å². The molecule has 114 valence electrons. The summed E-state index contributed by atoms with van der Waals surface area (Å²) in [6.45, 7) is 8.26. The summed E-state index contributed by atoms with van der Waals surface area (Å²) in [6.07, 6.45) is 0.940. The van der Waals surface area contributed by atoms with E-state index in [0.29, 0.717) is 36.3 Å². The van der Waals surface area contributed by atoms with Crippen LogP contribution in [0.2, 0.25) is 0 Å². The topological polar surface area (TPSA) is 108 Å². The van der Waals surface area contributed by atoms with E-state index in [-0.39, 0.29) is 5.95 Å². The van der Waals surface area contributed by atoms with Crippen LogP contribution < -0.4 is 5.32 Å². The third kappa shape index (κ3) is 6.93. The van der Waals surface area contributed by atoms with Crippen molar-refractivity contribution in [3.05, 3.63) is 11.6 Å². The Kier molecular flexibility index (Phi) is 6.05. The highest BCUT2D eigenvalue weighted by molar-refractivity contribution is 7.51. The summed E-state index contributed by atoms with van der Waals surface area (Å²) >= 11 is 0. The molecular weight excluding hydrogens is 279 g/mol. The van der Waals surface area contributed by atoms with E-state index >= 15 is 0 Å². The lowest BCUT2D eigenvalue weighted by molar-refractivity contribution is 0.375. The Morgan fingerprint density at radius 2 is 1.45 bits per heavy atom. The molecule has 1 rings (SSSR count). The van der Waals surface area contributed by atoms with Crippen molar-refractivity contribution in [1.82, 2.24) is 15.0 Å².